The second-order valence-corrected chi connectivity index (χ2v) is 15.6. The molecule has 3 aromatic heterocycles. The topological polar surface area (TPSA) is 44.1 Å². The summed E-state index contributed by atoms with van der Waals surface area (Å²) in [6, 6.07) is 41.1. The van der Waals surface area contributed by atoms with Gasteiger partial charge >= 0.3 is 0 Å². The van der Waals surface area contributed by atoms with E-state index < -0.39 is 0 Å². The molecule has 0 saturated carbocycles. The summed E-state index contributed by atoms with van der Waals surface area (Å²) in [5.74, 6) is 1.43. The van der Waals surface area contributed by atoms with E-state index in [-0.39, 0.29) is 17.3 Å². The van der Waals surface area contributed by atoms with Crippen molar-refractivity contribution < 1.29 is 8.83 Å². The van der Waals surface area contributed by atoms with Gasteiger partial charge < -0.3 is 8.83 Å². The molecule has 6 aromatic carbocycles. The molecule has 3 heterocycles. The van der Waals surface area contributed by atoms with Crippen LogP contribution in [0.25, 0.3) is 83.1 Å². The molecule has 0 spiro atoms. The highest BCUT2D eigenvalue weighted by Crippen LogP contribution is 2.46. The predicted molar refractivity (Wildman–Crippen MR) is 213 cm³/mol. The fourth-order valence-electron chi connectivity index (χ4n) is 7.95. The van der Waals surface area contributed by atoms with Crippen LogP contribution in [0.5, 0.6) is 0 Å². The van der Waals surface area contributed by atoms with Crippen molar-refractivity contribution in [3.63, 3.8) is 0 Å². The molecule has 252 valence electrons. The van der Waals surface area contributed by atoms with Gasteiger partial charge in [-0.15, -0.1) is 0 Å². The van der Waals surface area contributed by atoms with Gasteiger partial charge in [0.25, 0.3) is 0 Å². The second kappa shape index (κ2) is 11.5. The van der Waals surface area contributed by atoms with E-state index in [1.807, 2.05) is 12.1 Å². The average Bonchev–Trinajstić information content (AvgIpc) is 3.80. The molecule has 51 heavy (non-hydrogen) atoms. The van der Waals surface area contributed by atoms with Crippen molar-refractivity contribution in [1.29, 1.82) is 0 Å². The third kappa shape index (κ3) is 4.92. The summed E-state index contributed by atoms with van der Waals surface area (Å²) in [4.78, 5) is 5.42. The number of hydrogen-bond donors (Lipinski definition) is 0. The molecule has 0 aliphatic carbocycles. The molecule has 0 aliphatic heterocycles. The van der Waals surface area contributed by atoms with Crippen molar-refractivity contribution in [1.82, 2.24) is 9.55 Å². The largest absolute Gasteiger partial charge is 0.456 e. The number of hydrogen-bond acceptors (Lipinski definition) is 3. The van der Waals surface area contributed by atoms with E-state index >= 15 is 0 Å². The highest BCUT2D eigenvalue weighted by Gasteiger charge is 2.28. The Hall–Kier alpha value is -5.61. The number of aromatic nitrogens is 2. The summed E-state index contributed by atoms with van der Waals surface area (Å²) in [6.07, 6.45) is 0. The normalized spacial score (nSPS) is 12.6. The number of rotatable bonds is 5. The van der Waals surface area contributed by atoms with Crippen molar-refractivity contribution >= 4 is 54.9 Å². The van der Waals surface area contributed by atoms with Gasteiger partial charge in [0.1, 0.15) is 28.2 Å². The SMILES string of the molecule is CC(C)c1cc(-c2ccccc2)cc(C(C)C)c1-n1c(-c2ccc(C(C)(C)C)c3c2oc2cc4oc5ccccc5c4cc23)nc2ccccc21. The molecule has 0 fully saturated rings. The minimum absolute atomic E-state index is 0.121. The maximum absolute atomic E-state index is 6.98. The summed E-state index contributed by atoms with van der Waals surface area (Å²) >= 11 is 0. The Bertz CT molecular complexity index is 2750. The lowest BCUT2D eigenvalue weighted by Gasteiger charge is -2.25. The molecule has 0 atom stereocenters. The van der Waals surface area contributed by atoms with Crippen LogP contribution in [0.3, 0.4) is 0 Å². The van der Waals surface area contributed by atoms with Crippen LogP contribution in [-0.2, 0) is 5.41 Å². The predicted octanol–water partition coefficient (Wildman–Crippen LogP) is 13.7. The summed E-state index contributed by atoms with van der Waals surface area (Å²) in [7, 11) is 0. The van der Waals surface area contributed by atoms with Crippen LogP contribution in [0.4, 0.5) is 0 Å². The molecule has 4 heteroatoms. The Kier molecular flexibility index (Phi) is 7.05. The van der Waals surface area contributed by atoms with E-state index in [0.29, 0.717) is 0 Å². The van der Waals surface area contributed by atoms with Gasteiger partial charge in [0.2, 0.25) is 0 Å². The highest BCUT2D eigenvalue weighted by molar-refractivity contribution is 6.18. The smallest absolute Gasteiger partial charge is 0.149 e. The molecule has 4 nitrogen and oxygen atoms in total. The first-order valence-electron chi connectivity index (χ1n) is 18.1. The molecule has 0 saturated heterocycles. The Morgan fingerprint density at radius 2 is 1.25 bits per heavy atom. The van der Waals surface area contributed by atoms with Crippen LogP contribution in [0.15, 0.2) is 124 Å². The van der Waals surface area contributed by atoms with Gasteiger partial charge in [-0.25, -0.2) is 4.98 Å². The zero-order chi connectivity index (χ0) is 35.2. The Balaban J connectivity index is 1.39. The van der Waals surface area contributed by atoms with Crippen LogP contribution in [-0.4, -0.2) is 9.55 Å². The molecular formula is C47H42N2O2. The Morgan fingerprint density at radius 3 is 1.98 bits per heavy atom. The van der Waals surface area contributed by atoms with Crippen LogP contribution in [0.1, 0.15) is 77.0 Å². The highest BCUT2D eigenvalue weighted by atomic mass is 16.3. The van der Waals surface area contributed by atoms with Crippen molar-refractivity contribution in [2.24, 2.45) is 0 Å². The lowest BCUT2D eigenvalue weighted by atomic mass is 9.83. The van der Waals surface area contributed by atoms with Gasteiger partial charge in [-0.05, 0) is 87.5 Å². The van der Waals surface area contributed by atoms with Gasteiger partial charge in [-0.1, -0.05) is 115 Å². The summed E-state index contributed by atoms with van der Waals surface area (Å²) in [6.45, 7) is 16.0. The lowest BCUT2D eigenvalue weighted by Crippen LogP contribution is -2.12. The third-order valence-corrected chi connectivity index (χ3v) is 10.5. The van der Waals surface area contributed by atoms with E-state index in [1.54, 1.807) is 0 Å². The number of furan rings is 2. The second-order valence-electron chi connectivity index (χ2n) is 15.6. The minimum atomic E-state index is -0.121. The maximum atomic E-state index is 6.98. The van der Waals surface area contributed by atoms with E-state index in [1.165, 1.54) is 33.5 Å². The maximum Gasteiger partial charge on any atom is 0.149 e. The van der Waals surface area contributed by atoms with Crippen molar-refractivity contribution in [3.8, 4) is 28.2 Å². The molecular weight excluding hydrogens is 625 g/mol. The first kappa shape index (κ1) is 31.4. The Morgan fingerprint density at radius 1 is 0.588 bits per heavy atom. The summed E-state index contributed by atoms with van der Waals surface area (Å²) in [5.41, 5.74) is 13.8. The molecule has 0 aliphatic rings. The van der Waals surface area contributed by atoms with Gasteiger partial charge in [0, 0.05) is 27.6 Å². The number of nitrogens with zero attached hydrogens (tertiary/aromatic N) is 2. The zero-order valence-corrected chi connectivity index (χ0v) is 30.3. The summed E-state index contributed by atoms with van der Waals surface area (Å²) < 4.78 is 15.7. The van der Waals surface area contributed by atoms with Crippen molar-refractivity contribution in [3.05, 3.63) is 132 Å². The van der Waals surface area contributed by atoms with Crippen LogP contribution < -0.4 is 0 Å². The lowest BCUT2D eigenvalue weighted by molar-refractivity contribution is 0.594. The molecule has 9 rings (SSSR count). The molecule has 0 unspecified atom stereocenters. The van der Waals surface area contributed by atoms with Crippen LogP contribution in [0.2, 0.25) is 0 Å². The average molecular weight is 667 g/mol. The molecule has 0 bridgehead atoms. The quantitative estimate of drug-likeness (QED) is 0.184. The van der Waals surface area contributed by atoms with E-state index in [4.69, 9.17) is 13.8 Å². The van der Waals surface area contributed by atoms with Gasteiger partial charge in [0.05, 0.1) is 22.3 Å². The first-order chi connectivity index (χ1) is 24.6. The number of benzene rings is 6. The van der Waals surface area contributed by atoms with E-state index in [9.17, 15) is 0 Å². The van der Waals surface area contributed by atoms with Gasteiger partial charge in [0.15, 0.2) is 0 Å². The fraction of sp³-hybridized carbons (Fsp3) is 0.213. The monoisotopic (exact) mass is 666 g/mol. The molecule has 0 radical (unpaired) electrons. The first-order valence-corrected chi connectivity index (χ1v) is 18.1. The van der Waals surface area contributed by atoms with Gasteiger partial charge in [-0.2, -0.15) is 0 Å². The van der Waals surface area contributed by atoms with Crippen molar-refractivity contribution in [2.75, 3.05) is 0 Å². The molecule has 0 N–H and O–H groups in total. The Labute approximate surface area is 298 Å². The molecule has 0 amide bonds. The van der Waals surface area contributed by atoms with E-state index in [2.05, 4.69) is 156 Å². The van der Waals surface area contributed by atoms with Gasteiger partial charge in [-0.3, -0.25) is 4.57 Å². The van der Waals surface area contributed by atoms with Crippen molar-refractivity contribution in [2.45, 2.75) is 65.7 Å². The fourth-order valence-corrected chi connectivity index (χ4v) is 7.95. The van der Waals surface area contributed by atoms with E-state index in [0.717, 1.165) is 66.3 Å². The minimum Gasteiger partial charge on any atom is -0.456 e. The standard InChI is InChI=1S/C47H42N2O2/c1-27(2)33-23-30(29-15-9-8-10-16-29)24-34(28(3)4)44(33)49-39-19-13-12-18-38(39)48-46(49)32-21-22-37(47(5,6)7)43-36-25-35-31-17-11-14-20-40(31)50-41(35)26-42(36)51-45(32)43/h8-28H,1-7H3. The number of para-hydroxylation sites is 3. The summed E-state index contributed by atoms with van der Waals surface area (Å²) in [5, 5.41) is 4.44. The third-order valence-electron chi connectivity index (χ3n) is 10.5. The molecule has 9 aromatic rings. The number of imidazole rings is 1. The number of fused-ring (bicyclic) bond motifs is 7. The van der Waals surface area contributed by atoms with Crippen LogP contribution >= 0.6 is 0 Å². The zero-order valence-electron chi connectivity index (χ0n) is 30.3. The van der Waals surface area contributed by atoms with Crippen LogP contribution in [0, 0.1) is 0 Å².